The van der Waals surface area contributed by atoms with Crippen molar-refractivity contribution in [3.05, 3.63) is 142 Å². The zero-order valence-corrected chi connectivity index (χ0v) is 34.7. The Hall–Kier alpha value is -3.84. The second-order valence-electron chi connectivity index (χ2n) is 17.2. The van der Waals surface area contributed by atoms with Crippen molar-refractivity contribution in [3.8, 4) is 0 Å². The summed E-state index contributed by atoms with van der Waals surface area (Å²) in [7, 11) is 0. The first kappa shape index (κ1) is 48.1. The molecule has 0 amide bonds. The van der Waals surface area contributed by atoms with E-state index in [-0.39, 0.29) is 22.3 Å². The zero-order chi connectivity index (χ0) is 46.6. The number of rotatable bonds is 12. The Balaban J connectivity index is 1.65. The van der Waals surface area contributed by atoms with Gasteiger partial charge in [0.15, 0.2) is 16.8 Å². The number of hydrogen-bond acceptors (Lipinski definition) is 18. The Morgan fingerprint density at radius 3 is 1.03 bits per heavy atom. The molecule has 18 nitrogen and oxygen atoms in total. The van der Waals surface area contributed by atoms with Gasteiger partial charge in [0.1, 0.15) is 54.9 Å². The monoisotopic (exact) mass is 896 g/mol. The highest BCUT2D eigenvalue weighted by Gasteiger charge is 2.73. The topological polar surface area (TPSA) is 331 Å². The molecule has 18 heteroatoms. The van der Waals surface area contributed by atoms with Crippen LogP contribution in [0.15, 0.2) is 103 Å². The molecule has 3 fully saturated rings. The van der Waals surface area contributed by atoms with Gasteiger partial charge in [0.2, 0.25) is 17.4 Å². The zero-order valence-electron chi connectivity index (χ0n) is 34.7. The van der Waals surface area contributed by atoms with Crippen LogP contribution < -0.4 is 0 Å². The van der Waals surface area contributed by atoms with E-state index in [4.69, 9.17) is 14.2 Å². The van der Waals surface area contributed by atoms with Crippen molar-refractivity contribution in [2.75, 3.05) is 19.8 Å². The molecule has 0 radical (unpaired) electrons. The van der Waals surface area contributed by atoms with Crippen molar-refractivity contribution >= 4 is 0 Å². The Morgan fingerprint density at radius 2 is 0.703 bits per heavy atom. The lowest BCUT2D eigenvalue weighted by molar-refractivity contribution is -0.415. The average molecular weight is 897 g/mol. The standard InChI is InChI=1S/C46H56O18/c1-25-17-18-29(44(59)41(56,19-26-11-5-2-6-12-26)38(53)35(50)30(22-47)62-44)34(46(61)43(58,21-28-15-9-4-10-16-28)40(55)37(52)32(24-49)64-46)33(25)45(60)42(57,20-27-13-7-3-8-14-27)39(54)36(51)31(23-48)63-45/h2-18,30-32,35-40,47-61H,19-24H2,1H3/t30-,31-,32-,35+,36+,37+,38+,39+,40+,41-,42-,43-,44-,45-,46-/m1/s1. The first-order valence-corrected chi connectivity index (χ1v) is 20.8. The molecule has 7 rings (SSSR count). The summed E-state index contributed by atoms with van der Waals surface area (Å²) in [6, 6.07) is 25.2. The number of aliphatic hydroxyl groups is 15. The molecule has 15 N–H and O–H groups in total. The molecular weight excluding hydrogens is 840 g/mol. The van der Waals surface area contributed by atoms with Crippen molar-refractivity contribution in [1.29, 1.82) is 0 Å². The summed E-state index contributed by atoms with van der Waals surface area (Å²) in [6.45, 7) is -2.12. The third kappa shape index (κ3) is 7.41. The fourth-order valence-electron chi connectivity index (χ4n) is 9.69. The normalized spacial score (nSPS) is 40.3. The summed E-state index contributed by atoms with van der Waals surface area (Å²) in [5.41, 5.74) is -12.2. The van der Waals surface area contributed by atoms with E-state index >= 15 is 0 Å². The Kier molecular flexibility index (Phi) is 13.3. The lowest BCUT2D eigenvalue weighted by atomic mass is 9.64. The maximum Gasteiger partial charge on any atom is 0.226 e. The summed E-state index contributed by atoms with van der Waals surface area (Å²) in [4.78, 5) is 0. The van der Waals surface area contributed by atoms with Crippen molar-refractivity contribution in [3.63, 3.8) is 0 Å². The molecule has 0 bridgehead atoms. The Morgan fingerprint density at radius 1 is 0.406 bits per heavy atom. The lowest BCUT2D eigenvalue weighted by Crippen LogP contribution is -2.76. The average Bonchev–Trinajstić information content (AvgIpc) is 3.29. The van der Waals surface area contributed by atoms with Crippen LogP contribution in [0.2, 0.25) is 0 Å². The van der Waals surface area contributed by atoms with Gasteiger partial charge in [-0.15, -0.1) is 0 Å². The Labute approximate surface area is 367 Å². The summed E-state index contributed by atoms with van der Waals surface area (Å²) in [5, 5.41) is 180. The van der Waals surface area contributed by atoms with Crippen molar-refractivity contribution in [1.82, 2.24) is 0 Å². The first-order valence-electron chi connectivity index (χ1n) is 20.8. The molecule has 0 aliphatic carbocycles. The van der Waals surface area contributed by atoms with E-state index in [9.17, 15) is 76.6 Å². The maximum atomic E-state index is 13.6. The maximum absolute atomic E-state index is 13.6. The quantitative estimate of drug-likeness (QED) is 0.0662. The molecule has 0 unspecified atom stereocenters. The van der Waals surface area contributed by atoms with Gasteiger partial charge >= 0.3 is 0 Å². The summed E-state index contributed by atoms with van der Waals surface area (Å²) in [6.07, 6.45) is -22.0. The third-order valence-electron chi connectivity index (χ3n) is 13.3. The van der Waals surface area contributed by atoms with Crippen LogP contribution in [-0.2, 0) is 50.8 Å². The van der Waals surface area contributed by atoms with Gasteiger partial charge < -0.3 is 90.8 Å². The van der Waals surface area contributed by atoms with Gasteiger partial charge in [0, 0.05) is 36.0 Å². The molecule has 348 valence electrons. The molecule has 64 heavy (non-hydrogen) atoms. The highest BCUT2D eigenvalue weighted by molar-refractivity contribution is 5.53. The van der Waals surface area contributed by atoms with Crippen LogP contribution in [0.25, 0.3) is 0 Å². The van der Waals surface area contributed by atoms with Crippen LogP contribution in [-0.4, -0.2) is 168 Å². The predicted octanol–water partition coefficient (Wildman–Crippen LogP) is -3.31. The Bertz CT molecular complexity index is 2220. The van der Waals surface area contributed by atoms with Crippen LogP contribution >= 0.6 is 0 Å². The second-order valence-corrected chi connectivity index (χ2v) is 17.2. The van der Waals surface area contributed by atoms with E-state index in [1.54, 1.807) is 42.5 Å². The highest BCUT2D eigenvalue weighted by atomic mass is 16.7. The number of ether oxygens (including phenoxy) is 3. The van der Waals surface area contributed by atoms with Gasteiger partial charge in [-0.3, -0.25) is 0 Å². The van der Waals surface area contributed by atoms with Gasteiger partial charge in [0.05, 0.1) is 19.8 Å². The minimum absolute atomic E-state index is 0.177. The largest absolute Gasteiger partial charge is 0.394 e. The van der Waals surface area contributed by atoms with E-state index in [2.05, 4.69) is 0 Å². The molecule has 0 spiro atoms. The number of hydrogen-bond donors (Lipinski definition) is 15. The minimum Gasteiger partial charge on any atom is -0.394 e. The van der Waals surface area contributed by atoms with Gasteiger partial charge in [0.25, 0.3) is 0 Å². The fourth-order valence-corrected chi connectivity index (χ4v) is 9.69. The van der Waals surface area contributed by atoms with E-state index in [0.29, 0.717) is 0 Å². The van der Waals surface area contributed by atoms with E-state index in [1.807, 2.05) is 0 Å². The molecule has 0 aromatic heterocycles. The van der Waals surface area contributed by atoms with Crippen LogP contribution in [0.4, 0.5) is 0 Å². The van der Waals surface area contributed by atoms with Crippen molar-refractivity contribution < 1.29 is 90.8 Å². The molecule has 3 aliphatic heterocycles. The van der Waals surface area contributed by atoms with Gasteiger partial charge in [-0.2, -0.15) is 0 Å². The number of benzene rings is 4. The number of aryl methyl sites for hydroxylation is 1. The van der Waals surface area contributed by atoms with Crippen molar-refractivity contribution in [2.24, 2.45) is 0 Å². The summed E-state index contributed by atoms with van der Waals surface area (Å²) >= 11 is 0. The SMILES string of the molecule is Cc1ccc([C@@]2(O)O[C@H](CO)[C@H](O)[C@H](O)[C@]2(O)Cc2ccccc2)c([C@@]2(O)O[C@H](CO)[C@H](O)[C@H](O)[C@]2(O)Cc2ccccc2)c1[C@@]1(O)O[C@H](CO)[C@H](O)[C@H](O)[C@]1(O)Cc1ccccc1. The molecule has 3 saturated heterocycles. The second kappa shape index (κ2) is 17.8. The number of aliphatic hydroxyl groups excluding tert-OH is 9. The summed E-state index contributed by atoms with van der Waals surface area (Å²) < 4.78 is 18.1. The minimum atomic E-state index is -3.71. The van der Waals surface area contributed by atoms with Gasteiger partial charge in [-0.25, -0.2) is 0 Å². The third-order valence-corrected chi connectivity index (χ3v) is 13.3. The molecule has 3 heterocycles. The predicted molar refractivity (Wildman–Crippen MR) is 220 cm³/mol. The summed E-state index contributed by atoms with van der Waals surface area (Å²) in [5.74, 6) is -10.8. The molecule has 0 saturated carbocycles. The van der Waals surface area contributed by atoms with E-state index < -0.39 is 145 Å². The van der Waals surface area contributed by atoms with Gasteiger partial charge in [-0.1, -0.05) is 103 Å². The van der Waals surface area contributed by atoms with E-state index in [1.165, 1.54) is 55.5 Å². The van der Waals surface area contributed by atoms with Crippen LogP contribution in [0.1, 0.15) is 38.9 Å². The molecule has 3 aliphatic rings. The smallest absolute Gasteiger partial charge is 0.226 e. The molecule has 4 aromatic rings. The first-order chi connectivity index (χ1) is 30.2. The fraction of sp³-hybridized carbons (Fsp3) is 0.478. The molecule has 4 aromatic carbocycles. The highest BCUT2D eigenvalue weighted by Crippen LogP contribution is 2.57. The van der Waals surface area contributed by atoms with Crippen LogP contribution in [0, 0.1) is 6.92 Å². The van der Waals surface area contributed by atoms with Gasteiger partial charge in [-0.05, 0) is 29.2 Å². The molecule has 15 atom stereocenters. The van der Waals surface area contributed by atoms with Crippen LogP contribution in [0.5, 0.6) is 0 Å². The molecular formula is C46H56O18. The van der Waals surface area contributed by atoms with Crippen LogP contribution in [0.3, 0.4) is 0 Å². The lowest BCUT2D eigenvalue weighted by Gasteiger charge is -2.59. The van der Waals surface area contributed by atoms with Crippen molar-refractivity contribution in [2.45, 2.75) is 115 Å². The van der Waals surface area contributed by atoms with E-state index in [0.717, 1.165) is 12.1 Å².